The van der Waals surface area contributed by atoms with Gasteiger partial charge in [0.15, 0.2) is 0 Å². The molecule has 4 rings (SSSR count). The molecule has 0 spiro atoms. The van der Waals surface area contributed by atoms with Gasteiger partial charge < -0.3 is 0 Å². The van der Waals surface area contributed by atoms with Gasteiger partial charge in [-0.2, -0.15) is 0 Å². The molecule has 0 aliphatic rings. The SMILES string of the molecule is CCCC(C)N(P(c1ccccc1)c1ccccc1)P(c1ccccc1)c1ccccc1. The highest BCUT2D eigenvalue weighted by Crippen LogP contribution is 2.56. The molecule has 0 saturated carbocycles. The second-order valence-electron chi connectivity index (χ2n) is 7.92. The number of rotatable bonds is 9. The topological polar surface area (TPSA) is 3.24 Å². The van der Waals surface area contributed by atoms with Crippen LogP contribution in [0, 0.1) is 0 Å². The predicted octanol–water partition coefficient (Wildman–Crippen LogP) is 6.57. The van der Waals surface area contributed by atoms with Gasteiger partial charge in [-0.1, -0.05) is 135 Å². The summed E-state index contributed by atoms with van der Waals surface area (Å²) in [6, 6.07) is 44.9. The Morgan fingerprint density at radius 3 is 1.06 bits per heavy atom. The maximum Gasteiger partial charge on any atom is 0.0325 e. The first-order valence-corrected chi connectivity index (χ1v) is 14.0. The first-order valence-electron chi connectivity index (χ1n) is 11.4. The van der Waals surface area contributed by atoms with E-state index in [0.29, 0.717) is 6.04 Å². The van der Waals surface area contributed by atoms with Crippen molar-refractivity contribution in [2.75, 3.05) is 0 Å². The van der Waals surface area contributed by atoms with Crippen LogP contribution in [-0.2, 0) is 0 Å². The molecule has 0 saturated heterocycles. The van der Waals surface area contributed by atoms with Gasteiger partial charge in [-0.25, -0.2) is 4.44 Å². The average Bonchev–Trinajstić information content (AvgIpc) is 2.86. The van der Waals surface area contributed by atoms with E-state index in [1.54, 1.807) is 0 Å². The Labute approximate surface area is 195 Å². The van der Waals surface area contributed by atoms with E-state index < -0.39 is 16.1 Å². The van der Waals surface area contributed by atoms with Crippen molar-refractivity contribution >= 4 is 37.4 Å². The normalized spacial score (nSPS) is 12.4. The summed E-state index contributed by atoms with van der Waals surface area (Å²) < 4.78 is 2.86. The van der Waals surface area contributed by atoms with Gasteiger partial charge in [0.05, 0.1) is 0 Å². The Morgan fingerprint density at radius 2 is 0.812 bits per heavy atom. The van der Waals surface area contributed by atoms with E-state index >= 15 is 0 Å². The summed E-state index contributed by atoms with van der Waals surface area (Å²) in [5.74, 6) is 0. The fourth-order valence-electron chi connectivity index (χ4n) is 4.07. The Balaban J connectivity index is 1.94. The zero-order chi connectivity index (χ0) is 22.2. The lowest BCUT2D eigenvalue weighted by Crippen LogP contribution is -2.37. The quantitative estimate of drug-likeness (QED) is 0.258. The minimum Gasteiger partial charge on any atom is -0.242 e. The minimum atomic E-state index is -0.690. The van der Waals surface area contributed by atoms with E-state index in [9.17, 15) is 0 Å². The number of nitrogens with zero attached hydrogens (tertiary/aromatic N) is 1. The van der Waals surface area contributed by atoms with Gasteiger partial charge in [0.2, 0.25) is 0 Å². The highest BCUT2D eigenvalue weighted by Gasteiger charge is 2.34. The zero-order valence-corrected chi connectivity index (χ0v) is 20.7. The molecule has 0 radical (unpaired) electrons. The number of hydrogen-bond donors (Lipinski definition) is 0. The molecule has 0 fully saturated rings. The van der Waals surface area contributed by atoms with E-state index in [1.807, 2.05) is 0 Å². The summed E-state index contributed by atoms with van der Waals surface area (Å²) in [7, 11) is -1.38. The molecule has 0 heterocycles. The smallest absolute Gasteiger partial charge is 0.0325 e. The van der Waals surface area contributed by atoms with Crippen LogP contribution in [0.5, 0.6) is 0 Å². The molecule has 1 nitrogen and oxygen atoms in total. The fraction of sp³-hybridized carbons (Fsp3) is 0.172. The van der Waals surface area contributed by atoms with Crippen LogP contribution in [0.2, 0.25) is 0 Å². The van der Waals surface area contributed by atoms with Gasteiger partial charge in [-0.15, -0.1) is 0 Å². The first-order chi connectivity index (χ1) is 15.8. The van der Waals surface area contributed by atoms with E-state index in [4.69, 9.17) is 0 Å². The average molecular weight is 456 g/mol. The summed E-state index contributed by atoms with van der Waals surface area (Å²) in [4.78, 5) is 0. The largest absolute Gasteiger partial charge is 0.242 e. The van der Waals surface area contributed by atoms with Crippen molar-refractivity contribution in [1.29, 1.82) is 0 Å². The van der Waals surface area contributed by atoms with Crippen LogP contribution < -0.4 is 21.2 Å². The lowest BCUT2D eigenvalue weighted by molar-refractivity contribution is 0.494. The maximum atomic E-state index is 2.86. The highest BCUT2D eigenvalue weighted by molar-refractivity contribution is 7.84. The molecule has 1 unspecified atom stereocenters. The lowest BCUT2D eigenvalue weighted by atomic mass is 10.2. The van der Waals surface area contributed by atoms with Gasteiger partial charge in [0.25, 0.3) is 0 Å². The van der Waals surface area contributed by atoms with Crippen molar-refractivity contribution < 1.29 is 0 Å². The van der Waals surface area contributed by atoms with Crippen molar-refractivity contribution in [2.24, 2.45) is 0 Å². The first kappa shape index (κ1) is 22.9. The van der Waals surface area contributed by atoms with Crippen LogP contribution in [0.3, 0.4) is 0 Å². The van der Waals surface area contributed by atoms with Crippen LogP contribution in [0.1, 0.15) is 26.7 Å². The van der Waals surface area contributed by atoms with Gasteiger partial charge in [-0.05, 0) is 34.6 Å². The third kappa shape index (κ3) is 5.36. The molecule has 0 bridgehead atoms. The second-order valence-corrected chi connectivity index (χ2v) is 12.4. The van der Waals surface area contributed by atoms with Gasteiger partial charge in [0, 0.05) is 22.2 Å². The van der Waals surface area contributed by atoms with Gasteiger partial charge >= 0.3 is 0 Å². The van der Waals surface area contributed by atoms with Crippen LogP contribution in [0.4, 0.5) is 0 Å². The van der Waals surface area contributed by atoms with Crippen LogP contribution in [0.15, 0.2) is 121 Å². The van der Waals surface area contributed by atoms with Crippen molar-refractivity contribution in [3.8, 4) is 0 Å². The minimum absolute atomic E-state index is 0.457. The summed E-state index contributed by atoms with van der Waals surface area (Å²) in [6.45, 7) is 4.72. The number of hydrogen-bond acceptors (Lipinski definition) is 1. The summed E-state index contributed by atoms with van der Waals surface area (Å²) in [5, 5.41) is 5.65. The molecule has 3 heteroatoms. The summed E-state index contributed by atoms with van der Waals surface area (Å²) >= 11 is 0. The molecular formula is C29H31NP2. The van der Waals surface area contributed by atoms with Crippen molar-refractivity contribution in [2.45, 2.75) is 32.7 Å². The van der Waals surface area contributed by atoms with E-state index in [1.165, 1.54) is 34.1 Å². The third-order valence-corrected chi connectivity index (χ3v) is 11.3. The molecule has 0 N–H and O–H groups in total. The maximum absolute atomic E-state index is 2.86. The van der Waals surface area contributed by atoms with Crippen LogP contribution in [-0.4, -0.2) is 10.5 Å². The molecule has 0 aliphatic heterocycles. The fourth-order valence-corrected chi connectivity index (χ4v) is 10.4. The molecule has 162 valence electrons. The van der Waals surface area contributed by atoms with Crippen LogP contribution in [0.25, 0.3) is 0 Å². The molecular weight excluding hydrogens is 424 g/mol. The molecule has 0 amide bonds. The number of benzene rings is 4. The molecule has 4 aromatic carbocycles. The third-order valence-electron chi connectivity index (χ3n) is 5.51. The standard InChI is InChI=1S/C29H31NP2/c1-3-16-25(2)30(31(26-17-8-4-9-18-26)27-19-10-5-11-20-27)32(28-21-12-6-13-22-28)29-23-14-7-15-24-29/h4-15,17-25H,3,16H2,1-2H3. The molecule has 32 heavy (non-hydrogen) atoms. The van der Waals surface area contributed by atoms with Gasteiger partial charge in [0.1, 0.15) is 0 Å². The molecule has 0 aliphatic carbocycles. The summed E-state index contributed by atoms with van der Waals surface area (Å²) in [5.41, 5.74) is 0. The monoisotopic (exact) mass is 455 g/mol. The van der Waals surface area contributed by atoms with E-state index in [2.05, 4.69) is 140 Å². The predicted molar refractivity (Wildman–Crippen MR) is 144 cm³/mol. The molecule has 0 aromatic heterocycles. The zero-order valence-electron chi connectivity index (χ0n) is 18.9. The summed E-state index contributed by atoms with van der Waals surface area (Å²) in [6.07, 6.45) is 2.36. The Kier molecular flexibility index (Phi) is 8.24. The Morgan fingerprint density at radius 1 is 0.531 bits per heavy atom. The lowest BCUT2D eigenvalue weighted by Gasteiger charge is -2.43. The molecule has 4 aromatic rings. The van der Waals surface area contributed by atoms with Crippen molar-refractivity contribution in [1.82, 2.24) is 4.44 Å². The van der Waals surface area contributed by atoms with E-state index in [-0.39, 0.29) is 0 Å². The van der Waals surface area contributed by atoms with E-state index in [0.717, 1.165) is 0 Å². The van der Waals surface area contributed by atoms with Crippen molar-refractivity contribution in [3.63, 3.8) is 0 Å². The Hall–Kier alpha value is -2.30. The highest BCUT2D eigenvalue weighted by atomic mass is 31.2. The second kappa shape index (κ2) is 11.5. The molecule has 1 atom stereocenters. The van der Waals surface area contributed by atoms with Gasteiger partial charge in [-0.3, -0.25) is 0 Å². The Bertz CT molecular complexity index is 893. The van der Waals surface area contributed by atoms with Crippen molar-refractivity contribution in [3.05, 3.63) is 121 Å². The van der Waals surface area contributed by atoms with Crippen LogP contribution >= 0.6 is 16.1 Å².